The van der Waals surface area contributed by atoms with Crippen molar-refractivity contribution in [3.63, 3.8) is 0 Å². The van der Waals surface area contributed by atoms with Crippen LogP contribution < -0.4 is 16.1 Å². The summed E-state index contributed by atoms with van der Waals surface area (Å²) in [7, 11) is 0. The topological polar surface area (TPSA) is 80.1 Å². The van der Waals surface area contributed by atoms with Crippen molar-refractivity contribution < 1.29 is 9.63 Å². The summed E-state index contributed by atoms with van der Waals surface area (Å²) in [6.45, 7) is 0.589. The second-order valence-corrected chi connectivity index (χ2v) is 5.35. The molecule has 0 unspecified atom stereocenters. The predicted octanol–water partition coefficient (Wildman–Crippen LogP) is 2.32. The molecule has 0 aliphatic rings. The molecule has 0 spiro atoms. The van der Waals surface area contributed by atoms with Gasteiger partial charge in [-0.15, -0.1) is 0 Å². The van der Waals surface area contributed by atoms with Gasteiger partial charge in [0.1, 0.15) is 0 Å². The first kappa shape index (κ1) is 15.1. The Morgan fingerprint density at radius 1 is 1.17 bits per heavy atom. The molecule has 0 saturated heterocycles. The number of H-pyrrole nitrogens is 1. The van der Waals surface area contributed by atoms with Crippen LogP contribution in [0.4, 0.5) is 0 Å². The summed E-state index contributed by atoms with van der Waals surface area (Å²) in [5.41, 5.74) is 11.2. The number of aromatic amines is 1. The monoisotopic (exact) mass is 309 g/mol. The van der Waals surface area contributed by atoms with Gasteiger partial charge in [0.15, 0.2) is 5.75 Å². The highest BCUT2D eigenvalue weighted by atomic mass is 16.7. The molecule has 1 heterocycles. The largest absolute Gasteiger partial charge is 0.380 e. The quantitative estimate of drug-likeness (QED) is 0.611. The highest BCUT2D eigenvalue weighted by Gasteiger charge is 2.07. The van der Waals surface area contributed by atoms with E-state index >= 15 is 0 Å². The summed E-state index contributed by atoms with van der Waals surface area (Å²) in [4.78, 5) is 20.5. The lowest BCUT2D eigenvalue weighted by atomic mass is 10.1. The van der Waals surface area contributed by atoms with Crippen molar-refractivity contribution >= 4 is 16.8 Å². The zero-order chi connectivity index (χ0) is 16.1. The molecule has 1 amide bonds. The Balaban J connectivity index is 1.64. The number of fused-ring (bicyclic) bond motifs is 1. The first-order chi connectivity index (χ1) is 11.3. The van der Waals surface area contributed by atoms with Crippen molar-refractivity contribution in [2.45, 2.75) is 12.8 Å². The Morgan fingerprint density at radius 2 is 2.00 bits per heavy atom. The first-order valence-electron chi connectivity index (χ1n) is 7.56. The molecule has 118 valence electrons. The molecule has 1 aromatic heterocycles. The van der Waals surface area contributed by atoms with E-state index in [4.69, 9.17) is 10.6 Å². The average molecular weight is 309 g/mol. The number of carbonyl (C=O) groups is 1. The number of hydrogen-bond acceptors (Lipinski definition) is 3. The second kappa shape index (κ2) is 6.98. The van der Waals surface area contributed by atoms with Gasteiger partial charge in [0, 0.05) is 17.1 Å². The van der Waals surface area contributed by atoms with Crippen molar-refractivity contribution in [2.75, 3.05) is 6.54 Å². The minimum atomic E-state index is -0.187. The third kappa shape index (κ3) is 3.70. The summed E-state index contributed by atoms with van der Waals surface area (Å²) in [6.07, 6.45) is 3.03. The maximum Gasteiger partial charge on any atom is 0.256 e. The van der Waals surface area contributed by atoms with Crippen LogP contribution in [0.25, 0.3) is 10.9 Å². The van der Waals surface area contributed by atoms with E-state index in [1.807, 2.05) is 54.7 Å². The van der Waals surface area contributed by atoms with E-state index in [-0.39, 0.29) is 12.3 Å². The van der Waals surface area contributed by atoms with Gasteiger partial charge in [-0.25, -0.2) is 0 Å². The lowest BCUT2D eigenvalue weighted by Crippen LogP contribution is -2.28. The normalized spacial score (nSPS) is 10.7. The van der Waals surface area contributed by atoms with Crippen LogP contribution in [0.2, 0.25) is 0 Å². The van der Waals surface area contributed by atoms with E-state index in [1.165, 1.54) is 0 Å². The van der Waals surface area contributed by atoms with Crippen molar-refractivity contribution in [3.8, 4) is 5.75 Å². The van der Waals surface area contributed by atoms with E-state index in [0.29, 0.717) is 12.3 Å². The molecule has 5 nitrogen and oxygen atoms in total. The Hall–Kier alpha value is -2.79. The van der Waals surface area contributed by atoms with Crippen LogP contribution >= 0.6 is 0 Å². The van der Waals surface area contributed by atoms with Crippen LogP contribution in [0.15, 0.2) is 54.7 Å². The van der Waals surface area contributed by atoms with Crippen molar-refractivity contribution in [3.05, 3.63) is 65.9 Å². The Morgan fingerprint density at radius 3 is 2.78 bits per heavy atom. The van der Waals surface area contributed by atoms with Gasteiger partial charge in [-0.05, 0) is 42.3 Å². The Bertz CT molecular complexity index is 796. The number of nitrogens with two attached hydrogens (primary N) is 1. The Labute approximate surface area is 134 Å². The molecule has 2 aromatic carbocycles. The molecule has 5 heteroatoms. The number of nitrogens with one attached hydrogen (secondary N) is 2. The standard InChI is InChI=1S/C18H19N3O2/c19-9-8-14-12-20-17-7-6-15(11-16(14)17)23-21-18(22)10-13-4-2-1-3-5-13/h1-7,11-12,20H,8-10,19H2,(H,21,22). The summed E-state index contributed by atoms with van der Waals surface area (Å²) in [5.74, 6) is 0.407. The fourth-order valence-corrected chi connectivity index (χ4v) is 2.52. The summed E-state index contributed by atoms with van der Waals surface area (Å²) in [6, 6.07) is 15.2. The first-order valence-corrected chi connectivity index (χ1v) is 7.56. The fraction of sp³-hybridized carbons (Fsp3) is 0.167. The number of carbonyl (C=O) groups excluding carboxylic acids is 1. The van der Waals surface area contributed by atoms with Gasteiger partial charge < -0.3 is 15.6 Å². The van der Waals surface area contributed by atoms with Gasteiger partial charge in [0.25, 0.3) is 5.91 Å². The summed E-state index contributed by atoms with van der Waals surface area (Å²) < 4.78 is 0. The molecule has 0 bridgehead atoms. The number of rotatable bonds is 6. The third-order valence-corrected chi connectivity index (χ3v) is 3.64. The van der Waals surface area contributed by atoms with E-state index in [0.717, 1.165) is 28.5 Å². The van der Waals surface area contributed by atoms with Crippen LogP contribution in [0.3, 0.4) is 0 Å². The van der Waals surface area contributed by atoms with Gasteiger partial charge in [-0.3, -0.25) is 4.79 Å². The van der Waals surface area contributed by atoms with Crippen LogP contribution in [0, 0.1) is 0 Å². The lowest BCUT2D eigenvalue weighted by molar-refractivity contribution is -0.126. The summed E-state index contributed by atoms with van der Waals surface area (Å²) in [5, 5.41) is 1.06. The number of aromatic nitrogens is 1. The van der Waals surface area contributed by atoms with E-state index < -0.39 is 0 Å². The van der Waals surface area contributed by atoms with Crippen molar-refractivity contribution in [2.24, 2.45) is 5.73 Å². The number of hydrogen-bond donors (Lipinski definition) is 3. The molecule has 3 rings (SSSR count). The van der Waals surface area contributed by atoms with Crippen molar-refractivity contribution in [1.29, 1.82) is 0 Å². The molecule has 0 aliphatic heterocycles. The molecule has 0 fully saturated rings. The maximum atomic E-state index is 11.9. The Kier molecular flexibility index (Phi) is 4.59. The van der Waals surface area contributed by atoms with Gasteiger partial charge in [-0.1, -0.05) is 30.3 Å². The fourth-order valence-electron chi connectivity index (χ4n) is 2.52. The van der Waals surface area contributed by atoms with Gasteiger partial charge in [0.05, 0.1) is 6.42 Å². The lowest BCUT2D eigenvalue weighted by Gasteiger charge is -2.07. The zero-order valence-corrected chi connectivity index (χ0v) is 12.7. The van der Waals surface area contributed by atoms with Crippen LogP contribution in [-0.4, -0.2) is 17.4 Å². The van der Waals surface area contributed by atoms with Gasteiger partial charge >= 0.3 is 0 Å². The molecule has 0 atom stereocenters. The molecule has 3 aromatic rings. The smallest absolute Gasteiger partial charge is 0.256 e. The second-order valence-electron chi connectivity index (χ2n) is 5.35. The van der Waals surface area contributed by atoms with Crippen LogP contribution in [0.1, 0.15) is 11.1 Å². The highest BCUT2D eigenvalue weighted by molar-refractivity contribution is 5.84. The number of benzene rings is 2. The van der Waals surface area contributed by atoms with E-state index in [2.05, 4.69) is 10.5 Å². The van der Waals surface area contributed by atoms with Crippen LogP contribution in [-0.2, 0) is 17.6 Å². The molecule has 23 heavy (non-hydrogen) atoms. The van der Waals surface area contributed by atoms with Crippen LogP contribution in [0.5, 0.6) is 5.75 Å². The molecule has 0 radical (unpaired) electrons. The SMILES string of the molecule is NCCc1c[nH]c2ccc(ONC(=O)Cc3ccccc3)cc12. The zero-order valence-electron chi connectivity index (χ0n) is 12.7. The third-order valence-electron chi connectivity index (χ3n) is 3.64. The minimum absolute atomic E-state index is 0.187. The highest BCUT2D eigenvalue weighted by Crippen LogP contribution is 2.23. The van der Waals surface area contributed by atoms with E-state index in [9.17, 15) is 4.79 Å². The maximum absolute atomic E-state index is 11.9. The molecule has 0 saturated carbocycles. The predicted molar refractivity (Wildman–Crippen MR) is 90.0 cm³/mol. The molecule has 4 N–H and O–H groups in total. The number of hydroxylamine groups is 1. The molecular formula is C18H19N3O2. The van der Waals surface area contributed by atoms with Gasteiger partial charge in [-0.2, -0.15) is 5.48 Å². The molecular weight excluding hydrogens is 290 g/mol. The minimum Gasteiger partial charge on any atom is -0.380 e. The molecule has 0 aliphatic carbocycles. The average Bonchev–Trinajstić information content (AvgIpc) is 2.97. The van der Waals surface area contributed by atoms with Crippen molar-refractivity contribution in [1.82, 2.24) is 10.5 Å². The van der Waals surface area contributed by atoms with Gasteiger partial charge in [0.2, 0.25) is 0 Å². The number of amides is 1. The summed E-state index contributed by atoms with van der Waals surface area (Å²) >= 11 is 0. The van der Waals surface area contributed by atoms with E-state index in [1.54, 1.807) is 0 Å².